The number of alkyl halides is 1. The third-order valence-electron chi connectivity index (χ3n) is 3.34. The standard InChI is InChI=1S/C17H15ClN2O/c1-17(12-18,15-5-3-2-4-6-15)20-16(21)14-9-7-13(11-19)8-10-14/h2-10H,12H2,1H3,(H,20,21). The summed E-state index contributed by atoms with van der Waals surface area (Å²) in [5.74, 6) is 0.0467. The third-order valence-corrected chi connectivity index (χ3v) is 3.88. The second kappa shape index (κ2) is 6.43. The van der Waals surface area contributed by atoms with Gasteiger partial charge in [-0.15, -0.1) is 11.6 Å². The van der Waals surface area contributed by atoms with Crippen molar-refractivity contribution in [2.24, 2.45) is 0 Å². The van der Waals surface area contributed by atoms with Crippen molar-refractivity contribution >= 4 is 17.5 Å². The number of benzene rings is 2. The van der Waals surface area contributed by atoms with E-state index in [4.69, 9.17) is 16.9 Å². The van der Waals surface area contributed by atoms with Crippen molar-refractivity contribution < 1.29 is 4.79 Å². The number of halogens is 1. The van der Waals surface area contributed by atoms with Crippen molar-refractivity contribution in [3.05, 3.63) is 71.3 Å². The molecule has 0 aliphatic heterocycles. The fourth-order valence-electron chi connectivity index (χ4n) is 2.01. The first-order chi connectivity index (χ1) is 10.1. The zero-order chi connectivity index (χ0) is 15.3. The van der Waals surface area contributed by atoms with Crippen molar-refractivity contribution in [3.63, 3.8) is 0 Å². The van der Waals surface area contributed by atoms with E-state index in [-0.39, 0.29) is 11.8 Å². The molecule has 1 unspecified atom stereocenters. The van der Waals surface area contributed by atoms with E-state index in [1.54, 1.807) is 24.3 Å². The molecule has 0 saturated heterocycles. The molecule has 1 N–H and O–H groups in total. The highest BCUT2D eigenvalue weighted by Gasteiger charge is 2.27. The van der Waals surface area contributed by atoms with Gasteiger partial charge in [-0.2, -0.15) is 5.26 Å². The van der Waals surface area contributed by atoms with Crippen LogP contribution in [0.15, 0.2) is 54.6 Å². The number of rotatable bonds is 4. The maximum atomic E-state index is 12.3. The van der Waals surface area contributed by atoms with Gasteiger partial charge in [0.05, 0.1) is 17.2 Å². The lowest BCUT2D eigenvalue weighted by Gasteiger charge is -2.29. The van der Waals surface area contributed by atoms with Gasteiger partial charge >= 0.3 is 0 Å². The number of nitrogens with one attached hydrogen (secondary N) is 1. The normalized spacial score (nSPS) is 13.0. The van der Waals surface area contributed by atoms with Crippen molar-refractivity contribution in [2.75, 3.05) is 5.88 Å². The van der Waals surface area contributed by atoms with Crippen LogP contribution in [0.1, 0.15) is 28.4 Å². The number of hydrogen-bond acceptors (Lipinski definition) is 2. The first-order valence-electron chi connectivity index (χ1n) is 6.53. The predicted molar refractivity (Wildman–Crippen MR) is 83.1 cm³/mol. The van der Waals surface area contributed by atoms with Gasteiger partial charge in [-0.05, 0) is 36.8 Å². The molecule has 0 spiro atoms. The number of amides is 1. The molecule has 4 heteroatoms. The van der Waals surface area contributed by atoms with Crippen molar-refractivity contribution in [2.45, 2.75) is 12.5 Å². The Morgan fingerprint density at radius 1 is 1.19 bits per heavy atom. The molecule has 0 aromatic heterocycles. The molecule has 1 amide bonds. The Labute approximate surface area is 129 Å². The van der Waals surface area contributed by atoms with Gasteiger partial charge in [-0.1, -0.05) is 30.3 Å². The summed E-state index contributed by atoms with van der Waals surface area (Å²) in [5.41, 5.74) is 1.33. The molecular formula is C17H15ClN2O. The highest BCUT2D eigenvalue weighted by atomic mass is 35.5. The fraction of sp³-hybridized carbons (Fsp3) is 0.176. The van der Waals surface area contributed by atoms with Crippen LogP contribution < -0.4 is 5.32 Å². The van der Waals surface area contributed by atoms with Gasteiger partial charge in [-0.25, -0.2) is 0 Å². The fourth-order valence-corrected chi connectivity index (χ4v) is 2.23. The molecule has 2 aromatic rings. The quantitative estimate of drug-likeness (QED) is 0.879. The second-order valence-electron chi connectivity index (χ2n) is 4.98. The smallest absolute Gasteiger partial charge is 0.252 e. The molecule has 2 aromatic carbocycles. The summed E-state index contributed by atoms with van der Waals surface area (Å²) in [6, 6.07) is 18.1. The van der Waals surface area contributed by atoms with E-state index in [0.29, 0.717) is 11.1 Å². The van der Waals surface area contributed by atoms with E-state index in [2.05, 4.69) is 5.32 Å². The zero-order valence-electron chi connectivity index (χ0n) is 11.6. The van der Waals surface area contributed by atoms with E-state index in [1.165, 1.54) is 0 Å². The zero-order valence-corrected chi connectivity index (χ0v) is 12.4. The monoisotopic (exact) mass is 298 g/mol. The Kier molecular flexibility index (Phi) is 4.62. The van der Waals surface area contributed by atoms with Crippen LogP contribution in [0.4, 0.5) is 0 Å². The van der Waals surface area contributed by atoms with Gasteiger partial charge < -0.3 is 5.32 Å². The summed E-state index contributed by atoms with van der Waals surface area (Å²) >= 11 is 6.06. The van der Waals surface area contributed by atoms with Gasteiger partial charge in [0, 0.05) is 11.4 Å². The van der Waals surface area contributed by atoms with Gasteiger partial charge in [0.15, 0.2) is 0 Å². The number of carbonyl (C=O) groups is 1. The first-order valence-corrected chi connectivity index (χ1v) is 7.07. The van der Waals surface area contributed by atoms with Crippen LogP contribution in [0.3, 0.4) is 0 Å². The average Bonchev–Trinajstić information content (AvgIpc) is 2.55. The maximum Gasteiger partial charge on any atom is 0.252 e. The molecule has 0 bridgehead atoms. The second-order valence-corrected chi connectivity index (χ2v) is 5.24. The molecule has 106 valence electrons. The van der Waals surface area contributed by atoms with Crippen LogP contribution in [-0.2, 0) is 5.54 Å². The average molecular weight is 299 g/mol. The molecule has 0 fully saturated rings. The minimum absolute atomic E-state index is 0.216. The van der Waals surface area contributed by atoms with Gasteiger partial charge in [-0.3, -0.25) is 4.79 Å². The van der Waals surface area contributed by atoms with Gasteiger partial charge in [0.2, 0.25) is 0 Å². The molecule has 0 aliphatic rings. The van der Waals surface area contributed by atoms with Gasteiger partial charge in [0.25, 0.3) is 5.91 Å². The van der Waals surface area contributed by atoms with Crippen LogP contribution in [0, 0.1) is 11.3 Å². The summed E-state index contributed by atoms with van der Waals surface area (Å²) in [6.07, 6.45) is 0. The van der Waals surface area contributed by atoms with Crippen LogP contribution >= 0.6 is 11.6 Å². The number of nitriles is 1. The molecule has 1 atom stereocenters. The lowest BCUT2D eigenvalue weighted by Crippen LogP contribution is -2.45. The van der Waals surface area contributed by atoms with Crippen LogP contribution in [0.2, 0.25) is 0 Å². The van der Waals surface area contributed by atoms with Gasteiger partial charge in [0.1, 0.15) is 0 Å². The molecule has 0 aliphatic carbocycles. The highest BCUT2D eigenvalue weighted by Crippen LogP contribution is 2.22. The summed E-state index contributed by atoms with van der Waals surface area (Å²) in [5, 5.41) is 11.7. The minimum Gasteiger partial charge on any atom is -0.342 e. The lowest BCUT2D eigenvalue weighted by molar-refractivity contribution is 0.0913. The van der Waals surface area contributed by atoms with E-state index in [9.17, 15) is 4.79 Å². The van der Waals surface area contributed by atoms with E-state index in [1.807, 2.05) is 43.3 Å². The van der Waals surface area contributed by atoms with Crippen molar-refractivity contribution in [1.82, 2.24) is 5.32 Å². The Hall–Kier alpha value is -2.31. The van der Waals surface area contributed by atoms with E-state index in [0.717, 1.165) is 5.56 Å². The Morgan fingerprint density at radius 3 is 2.33 bits per heavy atom. The largest absolute Gasteiger partial charge is 0.342 e. The lowest BCUT2D eigenvalue weighted by atomic mass is 9.93. The van der Waals surface area contributed by atoms with Crippen LogP contribution in [0.25, 0.3) is 0 Å². The Bertz CT molecular complexity index is 661. The molecule has 0 radical (unpaired) electrons. The third kappa shape index (κ3) is 3.42. The summed E-state index contributed by atoms with van der Waals surface area (Å²) in [4.78, 5) is 12.3. The topological polar surface area (TPSA) is 52.9 Å². The molecule has 0 saturated carbocycles. The minimum atomic E-state index is -0.645. The summed E-state index contributed by atoms with van der Waals surface area (Å²) < 4.78 is 0. The Morgan fingerprint density at radius 2 is 1.81 bits per heavy atom. The number of hydrogen-bond donors (Lipinski definition) is 1. The van der Waals surface area contributed by atoms with E-state index >= 15 is 0 Å². The first kappa shape index (κ1) is 15.1. The maximum absolute atomic E-state index is 12.3. The molecule has 3 nitrogen and oxygen atoms in total. The predicted octanol–water partition coefficient (Wildman–Crippen LogP) is 3.44. The SMILES string of the molecule is CC(CCl)(NC(=O)c1ccc(C#N)cc1)c1ccccc1. The molecule has 0 heterocycles. The Balaban J connectivity index is 2.22. The summed E-state index contributed by atoms with van der Waals surface area (Å²) in [7, 11) is 0. The number of nitrogens with zero attached hydrogens (tertiary/aromatic N) is 1. The highest BCUT2D eigenvalue weighted by molar-refractivity contribution is 6.19. The number of carbonyl (C=O) groups excluding carboxylic acids is 1. The molecule has 2 rings (SSSR count). The summed E-state index contributed by atoms with van der Waals surface area (Å²) in [6.45, 7) is 1.89. The molecule has 21 heavy (non-hydrogen) atoms. The molecular weight excluding hydrogens is 284 g/mol. The van der Waals surface area contributed by atoms with Crippen molar-refractivity contribution in [1.29, 1.82) is 5.26 Å². The van der Waals surface area contributed by atoms with Crippen LogP contribution in [0.5, 0.6) is 0 Å². The van der Waals surface area contributed by atoms with Crippen molar-refractivity contribution in [3.8, 4) is 6.07 Å². The van der Waals surface area contributed by atoms with E-state index < -0.39 is 5.54 Å². The van der Waals surface area contributed by atoms with Crippen LogP contribution in [-0.4, -0.2) is 11.8 Å².